The molecular formula is C10H18Cl2OSiTi. The first-order chi connectivity index (χ1) is 6.04. The molecule has 0 N–H and O–H groups in total. The van der Waals surface area contributed by atoms with Crippen LogP contribution < -0.4 is 8.51 Å². The van der Waals surface area contributed by atoms with E-state index in [2.05, 4.69) is 49.1 Å². The van der Waals surface area contributed by atoms with Crippen LogP contribution in [-0.4, -0.2) is 8.07 Å². The average molecular weight is 301 g/mol. The molecule has 0 aromatic heterocycles. The zero-order chi connectivity index (χ0) is 9.90. The van der Waals surface area contributed by atoms with Gasteiger partial charge in [-0.3, -0.25) is 0 Å². The van der Waals surface area contributed by atoms with Crippen LogP contribution in [0, 0.1) is 0 Å². The van der Waals surface area contributed by atoms with Crippen molar-refractivity contribution in [3.63, 3.8) is 0 Å². The Morgan fingerprint density at radius 2 is 1.73 bits per heavy atom. The quantitative estimate of drug-likeness (QED) is 0.776. The predicted molar refractivity (Wildman–Crippen MR) is 70.4 cm³/mol. The Kier molecular flexibility index (Phi) is 9.25. The van der Waals surface area contributed by atoms with Crippen LogP contribution in [0.15, 0.2) is 24.3 Å². The average Bonchev–Trinajstić information content (AvgIpc) is 2.04. The molecule has 0 saturated carbocycles. The molecule has 0 fully saturated rings. The fourth-order valence-electron chi connectivity index (χ4n) is 1.14. The fourth-order valence-corrected chi connectivity index (χ4v) is 2.88. The van der Waals surface area contributed by atoms with Gasteiger partial charge in [0.15, 0.2) is 0 Å². The van der Waals surface area contributed by atoms with Gasteiger partial charge in [-0.25, -0.2) is 0 Å². The van der Waals surface area contributed by atoms with Crippen molar-refractivity contribution >= 4 is 38.1 Å². The van der Waals surface area contributed by atoms with Gasteiger partial charge in [-0.1, -0.05) is 0 Å². The van der Waals surface area contributed by atoms with E-state index < -0.39 is 8.07 Å². The van der Waals surface area contributed by atoms with Crippen molar-refractivity contribution in [1.29, 1.82) is 0 Å². The van der Waals surface area contributed by atoms with Crippen LogP contribution in [0.1, 0.15) is 0 Å². The van der Waals surface area contributed by atoms with Crippen LogP contribution in [0.4, 0.5) is 0 Å². The molecule has 0 aliphatic heterocycles. The maximum atomic E-state index is 5.59. The summed E-state index contributed by atoms with van der Waals surface area (Å²) in [6.07, 6.45) is 0. The van der Waals surface area contributed by atoms with Crippen LogP contribution in [0.5, 0.6) is 5.75 Å². The topological polar surface area (TPSA) is 9.23 Å². The van der Waals surface area contributed by atoms with E-state index >= 15 is 0 Å². The Bertz CT molecular complexity index is 289. The fraction of sp³-hybridized carbons (Fsp3) is 0.400. The molecule has 5 heteroatoms. The summed E-state index contributed by atoms with van der Waals surface area (Å²) in [6.45, 7) is 7.07. The summed E-state index contributed by atoms with van der Waals surface area (Å²) >= 11 is -0.221. The minimum absolute atomic E-state index is 0. The third-order valence-electron chi connectivity index (χ3n) is 1.92. The standard InChI is InChI=1S/C9H14OSi.CH3.2ClH.Ti/c1-11(2,3)9-6-4-5-8(10)7-9;;;;/h4-7,10H,1-3H3;1H3;2*1H;/q;;;;+1/p-1. The maximum absolute atomic E-state index is 5.59. The van der Waals surface area contributed by atoms with Gasteiger partial charge in [0.25, 0.3) is 0 Å². The first-order valence-electron chi connectivity index (χ1n) is 4.48. The van der Waals surface area contributed by atoms with E-state index in [9.17, 15) is 0 Å². The van der Waals surface area contributed by atoms with Crippen molar-refractivity contribution in [3.8, 4) is 5.75 Å². The van der Waals surface area contributed by atoms with Gasteiger partial charge < -0.3 is 0 Å². The number of hydrogen-bond donors (Lipinski definition) is 0. The Labute approximate surface area is 115 Å². The molecule has 86 valence electrons. The third-order valence-corrected chi connectivity index (χ3v) is 4.65. The van der Waals surface area contributed by atoms with Crippen molar-refractivity contribution in [1.82, 2.24) is 0 Å². The van der Waals surface area contributed by atoms with E-state index in [1.165, 1.54) is 5.19 Å². The molecule has 0 aliphatic rings. The molecule has 15 heavy (non-hydrogen) atoms. The van der Waals surface area contributed by atoms with Crippen molar-refractivity contribution < 1.29 is 22.9 Å². The van der Waals surface area contributed by atoms with Gasteiger partial charge in [-0.15, -0.1) is 24.8 Å². The Morgan fingerprint density at radius 3 is 2.20 bits per heavy atom. The molecule has 0 radical (unpaired) electrons. The van der Waals surface area contributed by atoms with Gasteiger partial charge in [0.05, 0.1) is 0 Å². The molecule has 0 heterocycles. The molecule has 1 nitrogen and oxygen atoms in total. The third kappa shape index (κ3) is 5.98. The van der Waals surface area contributed by atoms with E-state index in [4.69, 9.17) is 3.32 Å². The summed E-state index contributed by atoms with van der Waals surface area (Å²) in [5, 5.41) is 3.62. The van der Waals surface area contributed by atoms with Crippen molar-refractivity contribution in [2.75, 3.05) is 0 Å². The summed E-state index contributed by atoms with van der Waals surface area (Å²) in [5.41, 5.74) is 0. The van der Waals surface area contributed by atoms with Crippen LogP contribution in [0.25, 0.3) is 0 Å². The first-order valence-corrected chi connectivity index (χ1v) is 10.2. The van der Waals surface area contributed by atoms with Crippen molar-refractivity contribution in [2.24, 2.45) is 0 Å². The molecule has 1 rings (SSSR count). The summed E-state index contributed by atoms with van der Waals surface area (Å²) < 4.78 is 5.59. The molecule has 0 saturated heterocycles. The zero-order valence-electron chi connectivity index (χ0n) is 9.53. The molecular weight excluding hydrogens is 283 g/mol. The van der Waals surface area contributed by atoms with Gasteiger partial charge in [0.1, 0.15) is 0 Å². The van der Waals surface area contributed by atoms with Gasteiger partial charge in [0.2, 0.25) is 0 Å². The number of halogens is 2. The van der Waals surface area contributed by atoms with E-state index in [-0.39, 0.29) is 44.4 Å². The molecule has 0 bridgehead atoms. The molecule has 0 amide bonds. The van der Waals surface area contributed by atoms with E-state index in [0.29, 0.717) is 0 Å². The van der Waals surface area contributed by atoms with Crippen LogP contribution in [0.2, 0.25) is 24.9 Å². The monoisotopic (exact) mass is 300 g/mol. The van der Waals surface area contributed by atoms with Crippen LogP contribution in [-0.2, 0) is 19.5 Å². The van der Waals surface area contributed by atoms with Gasteiger partial charge >= 0.3 is 91.0 Å². The van der Waals surface area contributed by atoms with E-state index in [1.54, 1.807) is 0 Å². The summed E-state index contributed by atoms with van der Waals surface area (Å²) in [6, 6.07) is 8.58. The number of benzene rings is 1. The normalized spacial score (nSPS) is 9.60. The number of rotatable bonds is 3. The van der Waals surface area contributed by atoms with Gasteiger partial charge in [-0.2, -0.15) is 0 Å². The molecule has 1 aromatic rings. The Morgan fingerprint density at radius 1 is 1.13 bits per heavy atom. The van der Waals surface area contributed by atoms with Gasteiger partial charge in [0, 0.05) is 0 Å². The SMILES string of the molecule is Cl.Cl.[CH3][Ti][O]c1cccc([Si](C)(C)C)c1. The van der Waals surface area contributed by atoms with Crippen LogP contribution in [0.3, 0.4) is 0 Å². The summed E-state index contributed by atoms with van der Waals surface area (Å²) in [4.78, 5) is 0. The van der Waals surface area contributed by atoms with Crippen LogP contribution >= 0.6 is 24.8 Å². The first kappa shape index (κ1) is 17.9. The van der Waals surface area contributed by atoms with E-state index in [0.717, 1.165) is 5.75 Å². The molecule has 0 atom stereocenters. The summed E-state index contributed by atoms with van der Waals surface area (Å²) in [7, 11) is -1.16. The molecule has 0 spiro atoms. The molecule has 0 unspecified atom stereocenters. The Balaban J connectivity index is 0. The van der Waals surface area contributed by atoms with Gasteiger partial charge in [-0.05, 0) is 0 Å². The second-order valence-corrected chi connectivity index (χ2v) is 10.1. The van der Waals surface area contributed by atoms with E-state index in [1.807, 2.05) is 0 Å². The minimum atomic E-state index is -1.16. The molecule has 1 aromatic carbocycles. The Hall–Kier alpha value is 0.531. The second-order valence-electron chi connectivity index (χ2n) is 4.08. The zero-order valence-corrected chi connectivity index (χ0v) is 13.7. The van der Waals surface area contributed by atoms with Crippen molar-refractivity contribution in [2.45, 2.75) is 24.9 Å². The van der Waals surface area contributed by atoms with Crippen molar-refractivity contribution in [3.05, 3.63) is 24.3 Å². The summed E-state index contributed by atoms with van der Waals surface area (Å²) in [5.74, 6) is 1.06. The molecule has 0 aliphatic carbocycles. The predicted octanol–water partition coefficient (Wildman–Crippen LogP) is 3.50. The second kappa shape index (κ2) is 7.75. The number of hydrogen-bond acceptors (Lipinski definition) is 1.